The first-order chi connectivity index (χ1) is 19.7. The van der Waals surface area contributed by atoms with Crippen molar-refractivity contribution in [2.24, 2.45) is 0 Å². The molecule has 1 N–H and O–H groups in total. The van der Waals surface area contributed by atoms with Crippen LogP contribution in [0.25, 0.3) is 22.2 Å². The monoisotopic (exact) mass is 580 g/mol. The van der Waals surface area contributed by atoms with Crippen LogP contribution in [0.5, 0.6) is 0 Å². The molecule has 3 aromatic rings. The van der Waals surface area contributed by atoms with Gasteiger partial charge in [-0.15, -0.1) is 12.4 Å². The van der Waals surface area contributed by atoms with Crippen LogP contribution in [-0.2, 0) is 0 Å². The molecule has 0 aliphatic heterocycles. The average Bonchev–Trinajstić information content (AvgIpc) is 2.99. The number of para-hydroxylation sites is 1. The molecule has 3 nitrogen and oxygen atoms in total. The zero-order valence-electron chi connectivity index (χ0n) is 26.0. The van der Waals surface area contributed by atoms with E-state index in [9.17, 15) is 5.11 Å². The predicted molar refractivity (Wildman–Crippen MR) is 181 cm³/mol. The van der Waals surface area contributed by atoms with Crippen LogP contribution in [0.3, 0.4) is 0 Å². The van der Waals surface area contributed by atoms with E-state index in [2.05, 4.69) is 67.3 Å². The third kappa shape index (κ3) is 13.3. The molecule has 1 aromatic heterocycles. The van der Waals surface area contributed by atoms with Crippen LogP contribution in [-0.4, -0.2) is 34.6 Å². The fourth-order valence-electron chi connectivity index (χ4n) is 5.81. The van der Waals surface area contributed by atoms with Gasteiger partial charge in [-0.1, -0.05) is 152 Å². The Morgan fingerprint density at radius 3 is 1.68 bits per heavy atom. The van der Waals surface area contributed by atoms with Crippen LogP contribution in [0.15, 0.2) is 60.7 Å². The topological polar surface area (TPSA) is 36.4 Å². The Morgan fingerprint density at radius 1 is 0.634 bits per heavy atom. The molecule has 1 unspecified atom stereocenters. The molecule has 0 fully saturated rings. The van der Waals surface area contributed by atoms with Crippen LogP contribution in [0.2, 0.25) is 0 Å². The van der Waals surface area contributed by atoms with Crippen molar-refractivity contribution in [3.05, 3.63) is 66.2 Å². The van der Waals surface area contributed by atoms with E-state index in [4.69, 9.17) is 4.98 Å². The van der Waals surface area contributed by atoms with E-state index in [1.807, 2.05) is 12.1 Å². The normalized spacial score (nSPS) is 12.1. The van der Waals surface area contributed by atoms with E-state index >= 15 is 0 Å². The molecule has 1 heterocycles. The quantitative estimate of drug-likeness (QED) is 0.120. The second-order valence-corrected chi connectivity index (χ2v) is 11.7. The lowest BCUT2D eigenvalue weighted by atomic mass is 9.99. The van der Waals surface area contributed by atoms with Crippen molar-refractivity contribution < 1.29 is 5.11 Å². The molecule has 0 saturated heterocycles. The standard InChI is InChI=1S/C37H56N2O.ClH/c1-3-5-7-9-11-13-15-22-28-39(29-23-16-14-12-10-8-6-4-2)31-37(40)34-30-36(32-24-18-17-19-25-32)38-35-27-21-20-26-33(34)35;/h17-21,24-27,30,37,40H,3-16,22-23,28-29,31H2,1-2H3;1H. The molecule has 0 amide bonds. The van der Waals surface area contributed by atoms with Crippen molar-refractivity contribution in [2.45, 2.75) is 123 Å². The fourth-order valence-corrected chi connectivity index (χ4v) is 5.81. The van der Waals surface area contributed by atoms with Crippen molar-refractivity contribution in [3.63, 3.8) is 0 Å². The van der Waals surface area contributed by atoms with Gasteiger partial charge in [0.15, 0.2) is 0 Å². The molecular weight excluding hydrogens is 524 g/mol. The van der Waals surface area contributed by atoms with Gasteiger partial charge in [0.2, 0.25) is 0 Å². The summed E-state index contributed by atoms with van der Waals surface area (Å²) in [6.45, 7) is 7.42. The molecule has 0 saturated carbocycles. The highest BCUT2D eigenvalue weighted by Crippen LogP contribution is 2.29. The van der Waals surface area contributed by atoms with Crippen LogP contribution in [0.1, 0.15) is 128 Å². The molecule has 41 heavy (non-hydrogen) atoms. The number of halogens is 1. The number of benzene rings is 2. The van der Waals surface area contributed by atoms with Crippen LogP contribution in [0, 0.1) is 0 Å². The number of aliphatic hydroxyl groups excluding tert-OH is 1. The summed E-state index contributed by atoms with van der Waals surface area (Å²) in [5, 5.41) is 12.7. The second kappa shape index (κ2) is 21.7. The smallest absolute Gasteiger partial charge is 0.0924 e. The minimum absolute atomic E-state index is 0. The van der Waals surface area contributed by atoms with Gasteiger partial charge in [-0.3, -0.25) is 0 Å². The summed E-state index contributed by atoms with van der Waals surface area (Å²) >= 11 is 0. The van der Waals surface area contributed by atoms with E-state index in [0.717, 1.165) is 40.8 Å². The number of pyridine rings is 1. The summed E-state index contributed by atoms with van der Waals surface area (Å²) in [5.74, 6) is 0. The molecule has 4 heteroatoms. The molecule has 0 aliphatic carbocycles. The SMILES string of the molecule is CCCCCCCCCCN(CCCCCCCCCC)CC(O)c1cc(-c2ccccc2)nc2ccccc12.Cl. The number of aliphatic hydroxyl groups is 1. The lowest BCUT2D eigenvalue weighted by Crippen LogP contribution is -2.31. The number of hydrogen-bond donors (Lipinski definition) is 1. The lowest BCUT2D eigenvalue weighted by molar-refractivity contribution is 0.111. The van der Waals surface area contributed by atoms with Gasteiger partial charge in [-0.2, -0.15) is 0 Å². The van der Waals surface area contributed by atoms with Gasteiger partial charge in [0.1, 0.15) is 0 Å². The molecule has 0 aliphatic rings. The van der Waals surface area contributed by atoms with Crippen molar-refractivity contribution in [2.75, 3.05) is 19.6 Å². The molecule has 3 rings (SSSR count). The highest BCUT2D eigenvalue weighted by Gasteiger charge is 2.18. The van der Waals surface area contributed by atoms with Gasteiger partial charge >= 0.3 is 0 Å². The summed E-state index contributed by atoms with van der Waals surface area (Å²) in [4.78, 5) is 7.47. The molecular formula is C37H57ClN2O. The molecule has 0 radical (unpaired) electrons. The summed E-state index contributed by atoms with van der Waals surface area (Å²) in [5.41, 5.74) is 3.99. The molecule has 1 atom stereocenters. The molecule has 0 bridgehead atoms. The maximum absolute atomic E-state index is 11.6. The second-order valence-electron chi connectivity index (χ2n) is 11.7. The third-order valence-corrected chi connectivity index (χ3v) is 8.26. The fraction of sp³-hybridized carbons (Fsp3) is 0.595. The number of nitrogens with zero attached hydrogens (tertiary/aromatic N) is 2. The third-order valence-electron chi connectivity index (χ3n) is 8.26. The first-order valence-corrected chi connectivity index (χ1v) is 16.6. The summed E-state index contributed by atoms with van der Waals surface area (Å²) in [6, 6.07) is 20.7. The number of hydrogen-bond acceptors (Lipinski definition) is 3. The van der Waals surface area contributed by atoms with E-state index in [-0.39, 0.29) is 12.4 Å². The van der Waals surface area contributed by atoms with Gasteiger partial charge in [0, 0.05) is 17.5 Å². The van der Waals surface area contributed by atoms with Crippen LogP contribution < -0.4 is 0 Å². The van der Waals surface area contributed by atoms with E-state index in [1.165, 1.54) is 103 Å². The van der Waals surface area contributed by atoms with Gasteiger partial charge in [-0.25, -0.2) is 4.98 Å². The Labute approximate surface area is 257 Å². The van der Waals surface area contributed by atoms with E-state index in [1.54, 1.807) is 0 Å². The highest BCUT2D eigenvalue weighted by atomic mass is 35.5. The highest BCUT2D eigenvalue weighted by molar-refractivity contribution is 5.86. The number of aromatic nitrogens is 1. The molecule has 2 aromatic carbocycles. The first-order valence-electron chi connectivity index (χ1n) is 16.6. The largest absolute Gasteiger partial charge is 0.387 e. The predicted octanol–water partition coefficient (Wildman–Crippen LogP) is 10.9. The molecule has 228 valence electrons. The Balaban J connectivity index is 0.00000588. The van der Waals surface area contributed by atoms with Crippen molar-refractivity contribution >= 4 is 23.3 Å². The van der Waals surface area contributed by atoms with Crippen molar-refractivity contribution in [1.29, 1.82) is 0 Å². The van der Waals surface area contributed by atoms with Gasteiger partial charge < -0.3 is 10.0 Å². The van der Waals surface area contributed by atoms with E-state index in [0.29, 0.717) is 6.54 Å². The van der Waals surface area contributed by atoms with Crippen LogP contribution >= 0.6 is 12.4 Å². The number of rotatable bonds is 22. The number of fused-ring (bicyclic) bond motifs is 1. The summed E-state index contributed by atoms with van der Waals surface area (Å²) in [7, 11) is 0. The van der Waals surface area contributed by atoms with Crippen LogP contribution in [0.4, 0.5) is 0 Å². The summed E-state index contributed by atoms with van der Waals surface area (Å²) in [6.07, 6.45) is 20.9. The Bertz CT molecular complexity index is 1040. The minimum Gasteiger partial charge on any atom is -0.387 e. The first kappa shape index (κ1) is 35.3. The van der Waals surface area contributed by atoms with Gasteiger partial charge in [0.05, 0.1) is 17.3 Å². The molecule has 0 spiro atoms. The number of unbranched alkanes of at least 4 members (excludes halogenated alkanes) is 14. The zero-order valence-corrected chi connectivity index (χ0v) is 26.9. The zero-order chi connectivity index (χ0) is 28.3. The Kier molecular flexibility index (Phi) is 18.7. The lowest BCUT2D eigenvalue weighted by Gasteiger charge is -2.26. The van der Waals surface area contributed by atoms with Crippen molar-refractivity contribution in [1.82, 2.24) is 9.88 Å². The van der Waals surface area contributed by atoms with Crippen molar-refractivity contribution in [3.8, 4) is 11.3 Å². The average molecular weight is 581 g/mol. The minimum atomic E-state index is -0.529. The summed E-state index contributed by atoms with van der Waals surface area (Å²) < 4.78 is 0. The van der Waals surface area contributed by atoms with E-state index < -0.39 is 6.10 Å². The maximum Gasteiger partial charge on any atom is 0.0924 e. The van der Waals surface area contributed by atoms with Gasteiger partial charge in [-0.05, 0) is 43.6 Å². The maximum atomic E-state index is 11.6. The van der Waals surface area contributed by atoms with Gasteiger partial charge in [0.25, 0.3) is 0 Å². The Hall–Kier alpha value is -1.94. The Morgan fingerprint density at radius 2 is 1.12 bits per heavy atom.